The minimum atomic E-state index is -1.19. The van der Waals surface area contributed by atoms with Crippen molar-refractivity contribution in [3.05, 3.63) is 47.6 Å². The molecule has 0 bridgehead atoms. The van der Waals surface area contributed by atoms with Crippen molar-refractivity contribution in [3.63, 3.8) is 0 Å². The largest absolute Gasteiger partial charge is 0.444 e. The number of anilines is 1. The van der Waals surface area contributed by atoms with Crippen molar-refractivity contribution in [3.8, 4) is 11.3 Å². The molecule has 2 atom stereocenters. The van der Waals surface area contributed by atoms with Gasteiger partial charge in [0.05, 0.1) is 18.3 Å². The molecule has 2 N–H and O–H groups in total. The Balaban J connectivity index is 1.58. The number of nitrogens with one attached hydrogen (secondary N) is 2. The fourth-order valence-electron chi connectivity index (χ4n) is 4.90. The number of alkyl carbamates (subject to hydrolysis) is 1. The van der Waals surface area contributed by atoms with Gasteiger partial charge in [0.1, 0.15) is 12.3 Å². The van der Waals surface area contributed by atoms with Gasteiger partial charge in [0.2, 0.25) is 5.95 Å². The molecule has 2 aromatic heterocycles. The van der Waals surface area contributed by atoms with Crippen LogP contribution in [0.3, 0.4) is 0 Å². The van der Waals surface area contributed by atoms with Crippen LogP contribution in [-0.2, 0) is 16.2 Å². The van der Waals surface area contributed by atoms with E-state index in [1.54, 1.807) is 0 Å². The minimum absolute atomic E-state index is 0.00501. The van der Waals surface area contributed by atoms with E-state index in [9.17, 15) is 4.79 Å². The van der Waals surface area contributed by atoms with E-state index in [2.05, 4.69) is 50.9 Å². The number of hydrogen-bond donors (Lipinski definition) is 2. The summed E-state index contributed by atoms with van der Waals surface area (Å²) >= 11 is 0. The minimum Gasteiger partial charge on any atom is -0.444 e. The smallest absolute Gasteiger partial charge is 0.407 e. The van der Waals surface area contributed by atoms with Crippen LogP contribution in [0, 0.1) is 13.5 Å². The molecule has 0 radical (unpaired) electrons. The van der Waals surface area contributed by atoms with Crippen molar-refractivity contribution in [2.24, 2.45) is 0 Å². The molecule has 0 unspecified atom stereocenters. The predicted molar refractivity (Wildman–Crippen MR) is 162 cm³/mol. The van der Waals surface area contributed by atoms with Gasteiger partial charge in [0.25, 0.3) is 0 Å². The van der Waals surface area contributed by atoms with Crippen LogP contribution in [0.25, 0.3) is 27.0 Å². The van der Waals surface area contributed by atoms with Crippen LogP contribution in [0.5, 0.6) is 0 Å². The third-order valence-electron chi connectivity index (χ3n) is 6.98. The van der Waals surface area contributed by atoms with E-state index in [-0.39, 0.29) is 12.1 Å². The molecule has 1 saturated carbocycles. The van der Waals surface area contributed by atoms with E-state index in [1.807, 2.05) is 52.1 Å². The van der Waals surface area contributed by atoms with E-state index in [0.717, 1.165) is 53.0 Å². The van der Waals surface area contributed by atoms with Crippen molar-refractivity contribution < 1.29 is 14.3 Å². The van der Waals surface area contributed by atoms with Gasteiger partial charge < -0.3 is 24.7 Å². The Morgan fingerprint density at radius 3 is 2.67 bits per heavy atom. The van der Waals surface area contributed by atoms with Gasteiger partial charge in [-0.05, 0) is 64.6 Å². The summed E-state index contributed by atoms with van der Waals surface area (Å²) in [5.74, 6) is 0.522. The molecule has 3 aromatic rings. The summed E-state index contributed by atoms with van der Waals surface area (Å²) in [6.07, 6.45) is 6.25. The van der Waals surface area contributed by atoms with Crippen LogP contribution in [0.15, 0.2) is 30.6 Å². The summed E-state index contributed by atoms with van der Waals surface area (Å²) in [6, 6.07) is 6.78. The van der Waals surface area contributed by atoms with Gasteiger partial charge in [-0.3, -0.25) is 0 Å². The number of benzene rings is 1. The molecule has 9 nitrogen and oxygen atoms in total. The molecule has 1 aromatic carbocycles. The maximum absolute atomic E-state index is 12.4. The first-order chi connectivity index (χ1) is 18.8. The van der Waals surface area contributed by atoms with Crippen LogP contribution in [0.1, 0.15) is 45.6 Å². The second-order valence-electron chi connectivity index (χ2n) is 12.8. The van der Waals surface area contributed by atoms with Gasteiger partial charge in [-0.2, -0.15) is 0 Å². The summed E-state index contributed by atoms with van der Waals surface area (Å²) in [7, 11) is -1.19. The number of fused-ring (bicyclic) bond motifs is 1. The molecule has 1 aliphatic rings. The maximum Gasteiger partial charge on any atom is 0.407 e. The Bertz CT molecular complexity index is 1400. The molecular weight excluding hydrogens is 520 g/mol. The number of hydrogen-bond acceptors (Lipinski definition) is 6. The van der Waals surface area contributed by atoms with Gasteiger partial charge in [0, 0.05) is 49.6 Å². The lowest BCUT2D eigenvalue weighted by molar-refractivity contribution is 0.0503. The lowest BCUT2D eigenvalue weighted by Gasteiger charge is -2.25. The number of aryl methyl sites for hydroxylation is 1. The van der Waals surface area contributed by atoms with Gasteiger partial charge in [-0.15, -0.1) is 0 Å². The average Bonchev–Trinajstić information content (AvgIpc) is 3.44. The molecule has 1 aliphatic carbocycles. The Hall–Kier alpha value is -3.42. The quantitative estimate of drug-likeness (QED) is 0.164. The van der Waals surface area contributed by atoms with Crippen molar-refractivity contribution >= 4 is 36.7 Å². The van der Waals surface area contributed by atoms with E-state index in [1.165, 1.54) is 0 Å². The number of carbonyl (C=O) groups excluding carboxylic acids is 1. The predicted octanol–water partition coefficient (Wildman–Crippen LogP) is 7.13. The normalized spacial score (nSPS) is 17.6. The fourth-order valence-corrected chi connectivity index (χ4v) is 5.66. The molecule has 4 rings (SSSR count). The van der Waals surface area contributed by atoms with Crippen molar-refractivity contribution in [1.82, 2.24) is 19.9 Å². The van der Waals surface area contributed by atoms with Gasteiger partial charge >= 0.3 is 6.09 Å². The van der Waals surface area contributed by atoms with Gasteiger partial charge in [-0.1, -0.05) is 31.8 Å². The summed E-state index contributed by atoms with van der Waals surface area (Å²) in [4.78, 5) is 25.5. The van der Waals surface area contributed by atoms with Crippen molar-refractivity contribution in [2.75, 3.05) is 11.9 Å². The molecule has 214 valence electrons. The number of aromatic nitrogens is 3. The third-order valence-corrected chi connectivity index (χ3v) is 8.69. The summed E-state index contributed by atoms with van der Waals surface area (Å²) in [6.45, 7) is 23.2. The molecule has 0 spiro atoms. The standard InChI is InChI=1S/C30H42N6O3Si/c1-20-17-32-28(33-24-10-9-11-25(24)34-29(37)39-30(2,3)4)35-27(20)23-18-36(19-38-14-15-40(6,7)8)26-16-21(31-5)12-13-22(23)26/h12-13,16-18,24-25H,9-11,14-15,19H2,1-4,6-8H3,(H,34,37)(H,32,33,35)/t24-,25-/m0/s1. The first kappa shape index (κ1) is 29.6. The molecule has 40 heavy (non-hydrogen) atoms. The van der Waals surface area contributed by atoms with Gasteiger partial charge in [-0.25, -0.2) is 19.6 Å². The highest BCUT2D eigenvalue weighted by atomic mass is 28.3. The lowest BCUT2D eigenvalue weighted by Crippen LogP contribution is -2.45. The monoisotopic (exact) mass is 562 g/mol. The van der Waals surface area contributed by atoms with Crippen molar-refractivity contribution in [1.29, 1.82) is 0 Å². The molecule has 2 heterocycles. The zero-order chi connectivity index (χ0) is 29.1. The SMILES string of the molecule is [C-]#[N+]c1ccc2c(-c3nc(N[C@H]4CCC[C@@H]4NC(=O)OC(C)(C)C)ncc3C)cn(COCC[Si](C)(C)C)c2c1. The Morgan fingerprint density at radius 1 is 1.23 bits per heavy atom. The fraction of sp³-hybridized carbons (Fsp3) is 0.533. The average molecular weight is 563 g/mol. The number of rotatable bonds is 9. The molecule has 10 heteroatoms. The van der Waals surface area contributed by atoms with Crippen LogP contribution in [0.2, 0.25) is 25.7 Å². The first-order valence-corrected chi connectivity index (χ1v) is 17.7. The second-order valence-corrected chi connectivity index (χ2v) is 18.5. The van der Waals surface area contributed by atoms with Crippen LogP contribution >= 0.6 is 0 Å². The van der Waals surface area contributed by atoms with Crippen molar-refractivity contribution in [2.45, 2.75) is 97.1 Å². The highest BCUT2D eigenvalue weighted by molar-refractivity contribution is 6.76. The summed E-state index contributed by atoms with van der Waals surface area (Å²) in [5, 5.41) is 7.50. The van der Waals surface area contributed by atoms with Crippen LogP contribution in [0.4, 0.5) is 16.4 Å². The Morgan fingerprint density at radius 2 is 1.98 bits per heavy atom. The number of amides is 1. The zero-order valence-corrected chi connectivity index (χ0v) is 25.8. The maximum atomic E-state index is 12.4. The second kappa shape index (κ2) is 12.0. The summed E-state index contributed by atoms with van der Waals surface area (Å²) in [5.41, 5.74) is 3.74. The number of nitrogens with zero attached hydrogens (tertiary/aromatic N) is 4. The van der Waals surface area contributed by atoms with Crippen LogP contribution in [-0.4, -0.2) is 53.0 Å². The number of carbonyl (C=O) groups is 1. The lowest BCUT2D eigenvalue weighted by atomic mass is 10.1. The molecular formula is C30H42N6O3Si. The first-order valence-electron chi connectivity index (χ1n) is 14.0. The topological polar surface area (TPSA) is 94.7 Å². The Kier molecular flexibility index (Phi) is 8.85. The van der Waals surface area contributed by atoms with E-state index < -0.39 is 19.8 Å². The zero-order valence-electron chi connectivity index (χ0n) is 24.8. The molecule has 1 fully saturated rings. The van der Waals surface area contributed by atoms with Crippen LogP contribution < -0.4 is 10.6 Å². The molecule has 0 aliphatic heterocycles. The van der Waals surface area contributed by atoms with E-state index in [0.29, 0.717) is 25.0 Å². The third kappa shape index (κ3) is 7.61. The van der Waals surface area contributed by atoms with E-state index >= 15 is 0 Å². The molecule has 0 saturated heterocycles. The highest BCUT2D eigenvalue weighted by Gasteiger charge is 2.31. The highest BCUT2D eigenvalue weighted by Crippen LogP contribution is 2.34. The van der Waals surface area contributed by atoms with Gasteiger partial charge in [0.15, 0.2) is 5.69 Å². The molecule has 1 amide bonds. The van der Waals surface area contributed by atoms with E-state index in [4.69, 9.17) is 21.0 Å². The Labute approximate surface area is 238 Å². The summed E-state index contributed by atoms with van der Waals surface area (Å²) < 4.78 is 13.6. The number of ether oxygens (including phenoxy) is 2.